The largest absolute Gasteiger partial charge is 0.492 e. The molecule has 0 fully saturated rings. The number of halogens is 1. The molecule has 0 aromatic heterocycles. The average molecular weight is 332 g/mol. The highest BCUT2D eigenvalue weighted by molar-refractivity contribution is 6.32. The SMILES string of the molecule is CCCOc1ccc(CC(CN)c2ccc(C)c(C)c2)cc1Cl. The second-order valence-electron chi connectivity index (χ2n) is 6.09. The molecule has 0 heterocycles. The van der Waals surface area contributed by atoms with Crippen LogP contribution in [0.2, 0.25) is 5.02 Å². The highest BCUT2D eigenvalue weighted by Crippen LogP contribution is 2.29. The van der Waals surface area contributed by atoms with Crippen LogP contribution in [-0.4, -0.2) is 13.2 Å². The highest BCUT2D eigenvalue weighted by Gasteiger charge is 2.13. The molecule has 1 unspecified atom stereocenters. The molecular formula is C20H26ClNO. The quantitative estimate of drug-likeness (QED) is 0.772. The third-order valence-corrected chi connectivity index (χ3v) is 4.52. The molecule has 0 radical (unpaired) electrons. The van der Waals surface area contributed by atoms with E-state index in [1.165, 1.54) is 22.3 Å². The van der Waals surface area contributed by atoms with Crippen LogP contribution in [0.15, 0.2) is 36.4 Å². The Morgan fingerprint density at radius 2 is 1.87 bits per heavy atom. The van der Waals surface area contributed by atoms with Crippen molar-refractivity contribution >= 4 is 11.6 Å². The number of nitrogens with two attached hydrogens (primary N) is 1. The second kappa shape index (κ2) is 8.37. The van der Waals surface area contributed by atoms with Crippen LogP contribution in [0.4, 0.5) is 0 Å². The molecule has 0 aliphatic carbocycles. The van der Waals surface area contributed by atoms with Crippen molar-refractivity contribution in [1.29, 1.82) is 0 Å². The Balaban J connectivity index is 2.15. The van der Waals surface area contributed by atoms with Gasteiger partial charge in [-0.05, 0) is 67.6 Å². The normalized spacial score (nSPS) is 12.2. The van der Waals surface area contributed by atoms with Crippen LogP contribution < -0.4 is 10.5 Å². The molecule has 1 atom stereocenters. The van der Waals surface area contributed by atoms with Gasteiger partial charge in [-0.3, -0.25) is 0 Å². The molecule has 0 aliphatic rings. The van der Waals surface area contributed by atoms with Gasteiger partial charge in [-0.15, -0.1) is 0 Å². The van der Waals surface area contributed by atoms with Crippen LogP contribution in [0.5, 0.6) is 5.75 Å². The van der Waals surface area contributed by atoms with Gasteiger partial charge in [0.05, 0.1) is 11.6 Å². The van der Waals surface area contributed by atoms with Gasteiger partial charge in [-0.2, -0.15) is 0 Å². The fourth-order valence-electron chi connectivity index (χ4n) is 2.64. The Bertz CT molecular complexity index is 654. The maximum Gasteiger partial charge on any atom is 0.137 e. The minimum atomic E-state index is 0.299. The van der Waals surface area contributed by atoms with Gasteiger partial charge in [0.2, 0.25) is 0 Å². The van der Waals surface area contributed by atoms with Crippen molar-refractivity contribution in [1.82, 2.24) is 0 Å². The molecule has 0 bridgehead atoms. The maximum atomic E-state index is 6.33. The summed E-state index contributed by atoms with van der Waals surface area (Å²) in [5, 5.41) is 0.673. The van der Waals surface area contributed by atoms with Gasteiger partial charge in [-0.25, -0.2) is 0 Å². The smallest absolute Gasteiger partial charge is 0.137 e. The van der Waals surface area contributed by atoms with E-state index in [4.69, 9.17) is 22.1 Å². The summed E-state index contributed by atoms with van der Waals surface area (Å²) < 4.78 is 5.63. The molecule has 2 N–H and O–H groups in total. The van der Waals surface area contributed by atoms with Crippen LogP contribution in [-0.2, 0) is 6.42 Å². The predicted molar refractivity (Wildman–Crippen MR) is 98.7 cm³/mol. The summed E-state index contributed by atoms with van der Waals surface area (Å²) in [7, 11) is 0. The first-order valence-corrected chi connectivity index (χ1v) is 8.61. The first-order chi connectivity index (χ1) is 11.0. The van der Waals surface area contributed by atoms with Crippen molar-refractivity contribution in [2.24, 2.45) is 5.73 Å². The van der Waals surface area contributed by atoms with Crippen molar-refractivity contribution in [3.8, 4) is 5.75 Å². The van der Waals surface area contributed by atoms with Crippen molar-refractivity contribution < 1.29 is 4.74 Å². The molecule has 2 aromatic carbocycles. The molecule has 0 amide bonds. The van der Waals surface area contributed by atoms with Crippen LogP contribution in [0.25, 0.3) is 0 Å². The fourth-order valence-corrected chi connectivity index (χ4v) is 2.90. The fraction of sp³-hybridized carbons (Fsp3) is 0.400. The van der Waals surface area contributed by atoms with Crippen molar-refractivity contribution in [3.05, 3.63) is 63.7 Å². The van der Waals surface area contributed by atoms with E-state index in [1.54, 1.807) is 0 Å². The third kappa shape index (κ3) is 4.73. The Morgan fingerprint density at radius 1 is 1.09 bits per heavy atom. The first kappa shape index (κ1) is 17.8. The van der Waals surface area contributed by atoms with Crippen molar-refractivity contribution in [2.45, 2.75) is 39.5 Å². The van der Waals surface area contributed by atoms with Gasteiger partial charge in [0.1, 0.15) is 5.75 Å². The van der Waals surface area contributed by atoms with Gasteiger partial charge in [0.25, 0.3) is 0 Å². The van der Waals surface area contributed by atoms with E-state index in [-0.39, 0.29) is 0 Å². The summed E-state index contributed by atoms with van der Waals surface area (Å²) in [6.45, 7) is 7.66. The molecular weight excluding hydrogens is 306 g/mol. The molecule has 0 saturated heterocycles. The molecule has 0 spiro atoms. The third-order valence-electron chi connectivity index (χ3n) is 4.23. The lowest BCUT2D eigenvalue weighted by molar-refractivity contribution is 0.317. The lowest BCUT2D eigenvalue weighted by Gasteiger charge is -2.17. The van der Waals surface area contributed by atoms with Gasteiger partial charge < -0.3 is 10.5 Å². The molecule has 0 saturated carbocycles. The van der Waals surface area contributed by atoms with E-state index in [1.807, 2.05) is 12.1 Å². The van der Waals surface area contributed by atoms with Gasteiger partial charge in [0.15, 0.2) is 0 Å². The van der Waals surface area contributed by atoms with Crippen LogP contribution >= 0.6 is 11.6 Å². The van der Waals surface area contributed by atoms with Crippen LogP contribution in [0, 0.1) is 13.8 Å². The van der Waals surface area contributed by atoms with E-state index >= 15 is 0 Å². The Kier molecular flexibility index (Phi) is 6.49. The number of hydrogen-bond donors (Lipinski definition) is 1. The number of ether oxygens (including phenoxy) is 1. The van der Waals surface area contributed by atoms with E-state index in [2.05, 4.69) is 45.0 Å². The number of rotatable bonds is 7. The summed E-state index contributed by atoms with van der Waals surface area (Å²) in [6.07, 6.45) is 1.85. The summed E-state index contributed by atoms with van der Waals surface area (Å²) in [5.74, 6) is 1.06. The zero-order valence-corrected chi connectivity index (χ0v) is 15.0. The minimum Gasteiger partial charge on any atom is -0.492 e. The highest BCUT2D eigenvalue weighted by atomic mass is 35.5. The molecule has 2 rings (SSSR count). The van der Waals surface area contributed by atoms with Gasteiger partial charge in [0, 0.05) is 5.92 Å². The molecule has 2 aromatic rings. The Hall–Kier alpha value is -1.51. The topological polar surface area (TPSA) is 35.2 Å². The summed E-state index contributed by atoms with van der Waals surface area (Å²) in [6, 6.07) is 12.6. The molecule has 0 aliphatic heterocycles. The van der Waals surface area contributed by atoms with Crippen LogP contribution in [0.1, 0.15) is 41.5 Å². The molecule has 2 nitrogen and oxygen atoms in total. The summed E-state index contributed by atoms with van der Waals surface area (Å²) in [5.41, 5.74) is 11.1. The van der Waals surface area contributed by atoms with E-state index in [0.29, 0.717) is 24.1 Å². The van der Waals surface area contributed by atoms with E-state index in [0.717, 1.165) is 18.6 Å². The summed E-state index contributed by atoms with van der Waals surface area (Å²) >= 11 is 6.33. The van der Waals surface area contributed by atoms with E-state index < -0.39 is 0 Å². The predicted octanol–water partition coefficient (Wildman–Crippen LogP) is 5.03. The van der Waals surface area contributed by atoms with Crippen molar-refractivity contribution in [3.63, 3.8) is 0 Å². The van der Waals surface area contributed by atoms with Crippen LogP contribution in [0.3, 0.4) is 0 Å². The van der Waals surface area contributed by atoms with E-state index in [9.17, 15) is 0 Å². The van der Waals surface area contributed by atoms with Gasteiger partial charge in [-0.1, -0.05) is 42.8 Å². The lowest BCUT2D eigenvalue weighted by Crippen LogP contribution is -2.15. The molecule has 3 heteroatoms. The van der Waals surface area contributed by atoms with Crippen molar-refractivity contribution in [2.75, 3.05) is 13.2 Å². The summed E-state index contributed by atoms with van der Waals surface area (Å²) in [4.78, 5) is 0. The lowest BCUT2D eigenvalue weighted by atomic mass is 9.90. The maximum absolute atomic E-state index is 6.33. The number of aryl methyl sites for hydroxylation is 2. The standard InChI is InChI=1S/C20H26ClNO/c1-4-9-23-20-8-6-16(12-19(20)21)11-18(13-22)17-7-5-14(2)15(3)10-17/h5-8,10,12,18H,4,9,11,13,22H2,1-3H3. The molecule has 124 valence electrons. The first-order valence-electron chi connectivity index (χ1n) is 8.23. The Labute approximate surface area is 144 Å². The zero-order chi connectivity index (χ0) is 16.8. The number of benzene rings is 2. The number of hydrogen-bond acceptors (Lipinski definition) is 2. The Morgan fingerprint density at radius 3 is 2.48 bits per heavy atom. The van der Waals surface area contributed by atoms with Gasteiger partial charge >= 0.3 is 0 Å². The second-order valence-corrected chi connectivity index (χ2v) is 6.50. The zero-order valence-electron chi connectivity index (χ0n) is 14.2. The molecule has 23 heavy (non-hydrogen) atoms. The minimum absolute atomic E-state index is 0.299. The monoisotopic (exact) mass is 331 g/mol. The average Bonchev–Trinajstić information content (AvgIpc) is 2.54.